The third-order valence-corrected chi connectivity index (χ3v) is 13.6. The Morgan fingerprint density at radius 3 is 1.27 bits per heavy atom. The van der Waals surface area contributed by atoms with Crippen molar-refractivity contribution in [1.29, 1.82) is 0 Å². The first kappa shape index (κ1) is 67.7. The van der Waals surface area contributed by atoms with E-state index in [0.717, 1.165) is 89.9 Å². The van der Waals surface area contributed by atoms with Crippen LogP contribution in [0.25, 0.3) is 0 Å². The van der Waals surface area contributed by atoms with Gasteiger partial charge >= 0.3 is 0 Å². The summed E-state index contributed by atoms with van der Waals surface area (Å²) in [6.07, 6.45) is 71.8. The molecular formula is C61H111N2O6P. The molecule has 9 heteroatoms. The van der Waals surface area contributed by atoms with E-state index in [9.17, 15) is 19.4 Å². The number of hydrogen-bond donors (Lipinski definition) is 2. The van der Waals surface area contributed by atoms with Crippen molar-refractivity contribution >= 4 is 13.7 Å². The number of amides is 1. The van der Waals surface area contributed by atoms with Gasteiger partial charge in [-0.3, -0.25) is 9.36 Å². The van der Waals surface area contributed by atoms with Gasteiger partial charge in [0.1, 0.15) is 13.2 Å². The van der Waals surface area contributed by atoms with Crippen molar-refractivity contribution in [3.05, 3.63) is 85.1 Å². The minimum atomic E-state index is -4.58. The Hall–Kier alpha value is -2.32. The van der Waals surface area contributed by atoms with Gasteiger partial charge in [-0.15, -0.1) is 0 Å². The molecule has 3 atom stereocenters. The third-order valence-electron chi connectivity index (χ3n) is 12.6. The second-order valence-electron chi connectivity index (χ2n) is 20.6. The molecule has 0 saturated heterocycles. The van der Waals surface area contributed by atoms with Crippen molar-refractivity contribution in [2.45, 2.75) is 257 Å². The highest BCUT2D eigenvalue weighted by Gasteiger charge is 2.24. The summed E-state index contributed by atoms with van der Waals surface area (Å²) in [5.74, 6) is -0.173. The number of phosphoric ester groups is 1. The molecule has 0 fully saturated rings. The Balaban J connectivity index is 4.18. The van der Waals surface area contributed by atoms with Gasteiger partial charge in [0, 0.05) is 6.42 Å². The fraction of sp³-hybridized carbons (Fsp3) is 0.754. The number of likely N-dealkylation sites (N-methyl/N-ethyl adjacent to an activating group) is 1. The number of carbonyl (C=O) groups is 1. The number of phosphoric acid groups is 1. The van der Waals surface area contributed by atoms with Crippen molar-refractivity contribution in [3.63, 3.8) is 0 Å². The molecule has 0 rings (SSSR count). The summed E-state index contributed by atoms with van der Waals surface area (Å²) in [4.78, 5) is 25.5. The molecule has 0 bridgehead atoms. The van der Waals surface area contributed by atoms with Gasteiger partial charge in [-0.25, -0.2) is 0 Å². The van der Waals surface area contributed by atoms with Crippen LogP contribution in [0.4, 0.5) is 0 Å². The van der Waals surface area contributed by atoms with Gasteiger partial charge in [0.25, 0.3) is 7.82 Å². The average Bonchev–Trinajstić information content (AvgIpc) is 3.32. The van der Waals surface area contributed by atoms with Crippen molar-refractivity contribution < 1.29 is 32.9 Å². The molecule has 0 saturated carbocycles. The maximum Gasteiger partial charge on any atom is 0.268 e. The Morgan fingerprint density at radius 1 is 0.514 bits per heavy atom. The molecule has 0 aliphatic rings. The molecular weight excluding hydrogens is 888 g/mol. The topological polar surface area (TPSA) is 108 Å². The van der Waals surface area contributed by atoms with E-state index >= 15 is 0 Å². The van der Waals surface area contributed by atoms with Crippen LogP contribution in [0.5, 0.6) is 0 Å². The molecule has 8 nitrogen and oxygen atoms in total. The number of aliphatic hydroxyl groups excluding tert-OH is 1. The van der Waals surface area contributed by atoms with Crippen LogP contribution >= 0.6 is 7.82 Å². The van der Waals surface area contributed by atoms with E-state index in [1.165, 1.54) is 128 Å². The monoisotopic (exact) mass is 999 g/mol. The predicted octanol–water partition coefficient (Wildman–Crippen LogP) is 17.0. The lowest BCUT2D eigenvalue weighted by Crippen LogP contribution is -2.46. The number of nitrogens with one attached hydrogen (secondary N) is 1. The maximum atomic E-state index is 13.0. The third kappa shape index (κ3) is 53.5. The van der Waals surface area contributed by atoms with Gasteiger partial charge in [-0.2, -0.15) is 0 Å². The SMILES string of the molecule is CC/C=C\C/C=C\C/C=C\C/C=C\C/C=C\C/C=C\C/C=C\CCCCCCCCCCCC(=O)NC(COP(=O)([O-])OCC[N+](C)(C)C)C(O)CCCCCCCCCCCCCCCCCCC. The summed E-state index contributed by atoms with van der Waals surface area (Å²) in [5, 5.41) is 14.0. The highest BCUT2D eigenvalue weighted by molar-refractivity contribution is 7.45. The van der Waals surface area contributed by atoms with E-state index < -0.39 is 20.0 Å². The molecule has 0 heterocycles. The Morgan fingerprint density at radius 2 is 0.871 bits per heavy atom. The van der Waals surface area contributed by atoms with Gasteiger partial charge in [0.05, 0.1) is 39.9 Å². The number of allylic oxidation sites excluding steroid dienone is 14. The second kappa shape index (κ2) is 51.6. The molecule has 0 aromatic rings. The molecule has 3 unspecified atom stereocenters. The van der Waals surface area contributed by atoms with Crippen molar-refractivity contribution in [1.82, 2.24) is 5.32 Å². The lowest BCUT2D eigenvalue weighted by Gasteiger charge is -2.30. The van der Waals surface area contributed by atoms with E-state index in [0.29, 0.717) is 23.9 Å². The first-order valence-electron chi connectivity index (χ1n) is 28.9. The summed E-state index contributed by atoms with van der Waals surface area (Å²) < 4.78 is 23.4. The predicted molar refractivity (Wildman–Crippen MR) is 302 cm³/mol. The van der Waals surface area contributed by atoms with E-state index in [2.05, 4.69) is 104 Å². The molecule has 0 aromatic carbocycles. The van der Waals surface area contributed by atoms with Crippen LogP contribution in [-0.2, 0) is 18.4 Å². The van der Waals surface area contributed by atoms with E-state index in [-0.39, 0.29) is 19.1 Å². The molecule has 2 N–H and O–H groups in total. The summed E-state index contributed by atoms with van der Waals surface area (Å²) in [7, 11) is 1.29. The number of quaternary nitrogens is 1. The molecule has 0 radical (unpaired) electrons. The van der Waals surface area contributed by atoms with Gasteiger partial charge < -0.3 is 28.8 Å². The number of unbranched alkanes of at least 4 members (excludes halogenated alkanes) is 25. The number of aliphatic hydroxyl groups is 1. The summed E-state index contributed by atoms with van der Waals surface area (Å²) >= 11 is 0. The summed E-state index contributed by atoms with van der Waals surface area (Å²) in [6, 6.07) is -0.809. The van der Waals surface area contributed by atoms with Gasteiger partial charge in [-0.05, 0) is 70.6 Å². The molecule has 0 aromatic heterocycles. The zero-order valence-electron chi connectivity index (χ0n) is 46.2. The number of rotatable bonds is 52. The quantitative estimate of drug-likeness (QED) is 0.0272. The number of carbonyl (C=O) groups excluding carboxylic acids is 1. The molecule has 406 valence electrons. The minimum absolute atomic E-state index is 0.00749. The number of hydrogen-bond acceptors (Lipinski definition) is 6. The van der Waals surface area contributed by atoms with Crippen molar-refractivity contribution in [3.8, 4) is 0 Å². The fourth-order valence-corrected chi connectivity index (χ4v) is 8.86. The van der Waals surface area contributed by atoms with Crippen LogP contribution in [0.1, 0.15) is 245 Å². The average molecular weight is 1000 g/mol. The summed E-state index contributed by atoms with van der Waals surface area (Å²) in [5.41, 5.74) is 0. The van der Waals surface area contributed by atoms with E-state index in [1.54, 1.807) is 0 Å². The van der Waals surface area contributed by atoms with E-state index in [1.807, 2.05) is 21.1 Å². The zero-order valence-corrected chi connectivity index (χ0v) is 47.1. The van der Waals surface area contributed by atoms with Gasteiger partial charge in [-0.1, -0.05) is 253 Å². The first-order chi connectivity index (χ1) is 34.0. The highest BCUT2D eigenvalue weighted by Crippen LogP contribution is 2.38. The lowest BCUT2D eigenvalue weighted by molar-refractivity contribution is -0.870. The van der Waals surface area contributed by atoms with Crippen LogP contribution in [0.2, 0.25) is 0 Å². The molecule has 0 aliphatic heterocycles. The number of nitrogens with zero attached hydrogens (tertiary/aromatic N) is 1. The smallest absolute Gasteiger partial charge is 0.268 e. The molecule has 0 spiro atoms. The Labute approximate surface area is 433 Å². The first-order valence-corrected chi connectivity index (χ1v) is 30.4. The van der Waals surface area contributed by atoms with Crippen molar-refractivity contribution in [2.75, 3.05) is 40.9 Å². The van der Waals surface area contributed by atoms with Gasteiger partial charge in [0.2, 0.25) is 5.91 Å². The van der Waals surface area contributed by atoms with Crippen molar-refractivity contribution in [2.24, 2.45) is 0 Å². The second-order valence-corrected chi connectivity index (χ2v) is 22.0. The fourth-order valence-electron chi connectivity index (χ4n) is 8.14. The Bertz CT molecular complexity index is 1410. The minimum Gasteiger partial charge on any atom is -0.756 e. The lowest BCUT2D eigenvalue weighted by atomic mass is 10.0. The standard InChI is InChI=1S/C61H111N2O6P/c1-6-8-10-12-14-16-18-20-22-24-25-26-27-28-29-30-31-32-33-34-35-36-37-39-41-43-45-47-49-51-53-55-61(65)62-59(58-69-70(66,67)68-57-56-63(3,4)5)60(64)54-52-50-48-46-44-42-40-38-23-21-19-17-15-13-11-9-7-2/h8,10,14,16,20,22,25-26,28-29,31-32,34-35,59-60,64H,6-7,9,11-13,15,17-19,21,23-24,27,30,33,36-58H2,1-5H3,(H-,62,65,66,67)/b10-8-,16-14-,22-20-,26-25-,29-28-,32-31-,35-34-. The largest absolute Gasteiger partial charge is 0.756 e. The van der Waals surface area contributed by atoms with Crippen LogP contribution in [0.15, 0.2) is 85.1 Å². The molecule has 0 aliphatic carbocycles. The van der Waals surface area contributed by atoms with Crippen LogP contribution < -0.4 is 10.2 Å². The normalized spacial score (nSPS) is 14.6. The zero-order chi connectivity index (χ0) is 51.3. The van der Waals surface area contributed by atoms with E-state index in [4.69, 9.17) is 9.05 Å². The van der Waals surface area contributed by atoms with Crippen LogP contribution in [0.3, 0.4) is 0 Å². The maximum absolute atomic E-state index is 13.0. The van der Waals surface area contributed by atoms with Crippen LogP contribution in [0, 0.1) is 0 Å². The Kier molecular flexibility index (Phi) is 49.9. The molecule has 1 amide bonds. The highest BCUT2D eigenvalue weighted by atomic mass is 31.2. The van der Waals surface area contributed by atoms with Crippen LogP contribution in [-0.4, -0.2) is 68.5 Å². The summed E-state index contributed by atoms with van der Waals surface area (Å²) in [6.45, 7) is 4.61. The van der Waals surface area contributed by atoms with Gasteiger partial charge in [0.15, 0.2) is 0 Å². The molecule has 70 heavy (non-hydrogen) atoms.